The molecule has 0 spiro atoms. The second-order valence-corrected chi connectivity index (χ2v) is 7.45. The van der Waals surface area contributed by atoms with Gasteiger partial charge in [-0.15, -0.1) is 0 Å². The molecular weight excluding hydrogens is 378 g/mol. The minimum atomic E-state index is -0.426. The van der Waals surface area contributed by atoms with E-state index in [0.29, 0.717) is 23.6 Å². The van der Waals surface area contributed by atoms with E-state index < -0.39 is 5.97 Å². The van der Waals surface area contributed by atoms with E-state index in [-0.39, 0.29) is 0 Å². The van der Waals surface area contributed by atoms with Crippen LogP contribution in [0.5, 0.6) is 11.5 Å². The molecule has 0 radical (unpaired) electrons. The van der Waals surface area contributed by atoms with Gasteiger partial charge in [0, 0.05) is 0 Å². The molecule has 0 unspecified atom stereocenters. The van der Waals surface area contributed by atoms with Crippen LogP contribution in [-0.4, -0.2) is 23.5 Å². The summed E-state index contributed by atoms with van der Waals surface area (Å²) in [5.74, 6) is 0.770. The maximum atomic E-state index is 12.3. The van der Waals surface area contributed by atoms with E-state index in [4.69, 9.17) is 14.7 Å². The number of benzene rings is 2. The standard InChI is InChI=1S/C25H33NO4/c1-3-4-5-6-7-8-9-10-19-29-23-15-13-22(14-16-23)25(27)30-24-17-11-21(12-18-24)20(2)26-28/h11-18,28H,3-10,19H2,1-2H3/b26-20+. The Morgan fingerprint density at radius 2 is 1.33 bits per heavy atom. The predicted octanol–water partition coefficient (Wildman–Crippen LogP) is 6.62. The third kappa shape index (κ3) is 8.27. The molecule has 0 saturated carbocycles. The highest BCUT2D eigenvalue weighted by molar-refractivity contribution is 5.98. The van der Waals surface area contributed by atoms with Crippen molar-refractivity contribution in [2.75, 3.05) is 6.61 Å². The van der Waals surface area contributed by atoms with Crippen molar-refractivity contribution < 1.29 is 19.5 Å². The molecule has 162 valence electrons. The fourth-order valence-corrected chi connectivity index (χ4v) is 3.10. The molecule has 0 atom stereocenters. The van der Waals surface area contributed by atoms with Crippen LogP contribution in [0.2, 0.25) is 0 Å². The normalized spacial score (nSPS) is 11.3. The number of oxime groups is 1. The van der Waals surface area contributed by atoms with Gasteiger partial charge in [-0.3, -0.25) is 0 Å². The van der Waals surface area contributed by atoms with Crippen molar-refractivity contribution in [1.29, 1.82) is 0 Å². The molecule has 0 fully saturated rings. The summed E-state index contributed by atoms with van der Waals surface area (Å²) < 4.78 is 11.2. The van der Waals surface area contributed by atoms with Crippen LogP contribution in [0.3, 0.4) is 0 Å². The van der Waals surface area contributed by atoms with Crippen molar-refractivity contribution in [2.24, 2.45) is 5.16 Å². The lowest BCUT2D eigenvalue weighted by molar-refractivity contribution is 0.0734. The van der Waals surface area contributed by atoms with Gasteiger partial charge in [-0.25, -0.2) is 4.79 Å². The third-order valence-corrected chi connectivity index (χ3v) is 4.99. The quantitative estimate of drug-likeness (QED) is 0.100. The average molecular weight is 412 g/mol. The smallest absolute Gasteiger partial charge is 0.343 e. The molecule has 2 rings (SSSR count). The lowest BCUT2D eigenvalue weighted by Crippen LogP contribution is -2.08. The fraction of sp³-hybridized carbons (Fsp3) is 0.440. The molecule has 30 heavy (non-hydrogen) atoms. The second-order valence-electron chi connectivity index (χ2n) is 7.45. The minimum Gasteiger partial charge on any atom is -0.494 e. The molecule has 0 aliphatic rings. The molecular formula is C25H33NO4. The Bertz CT molecular complexity index is 782. The van der Waals surface area contributed by atoms with Crippen molar-refractivity contribution in [3.05, 3.63) is 59.7 Å². The van der Waals surface area contributed by atoms with E-state index in [1.54, 1.807) is 55.5 Å². The van der Waals surface area contributed by atoms with E-state index in [1.165, 1.54) is 44.9 Å². The molecule has 0 heterocycles. The van der Waals surface area contributed by atoms with Gasteiger partial charge in [0.25, 0.3) is 0 Å². The summed E-state index contributed by atoms with van der Waals surface area (Å²) >= 11 is 0. The molecule has 2 aromatic rings. The summed E-state index contributed by atoms with van der Waals surface area (Å²) in [6.07, 6.45) is 10.2. The van der Waals surface area contributed by atoms with Crippen molar-refractivity contribution in [3.63, 3.8) is 0 Å². The largest absolute Gasteiger partial charge is 0.494 e. The van der Waals surface area contributed by atoms with Crippen molar-refractivity contribution in [2.45, 2.75) is 65.2 Å². The summed E-state index contributed by atoms with van der Waals surface area (Å²) in [5.41, 5.74) is 1.72. The number of carbonyl (C=O) groups excluding carboxylic acids is 1. The number of hydrogen-bond acceptors (Lipinski definition) is 5. The number of carbonyl (C=O) groups is 1. The monoisotopic (exact) mass is 411 g/mol. The summed E-state index contributed by atoms with van der Waals surface area (Å²) in [6, 6.07) is 13.8. The zero-order valence-electron chi connectivity index (χ0n) is 18.1. The molecule has 0 aliphatic carbocycles. The van der Waals surface area contributed by atoms with E-state index in [2.05, 4.69) is 12.1 Å². The Morgan fingerprint density at radius 1 is 0.800 bits per heavy atom. The summed E-state index contributed by atoms with van der Waals surface area (Å²) in [4.78, 5) is 12.3. The van der Waals surface area contributed by atoms with Crippen LogP contribution in [0.1, 0.15) is 81.1 Å². The Labute approximate surface area is 179 Å². The van der Waals surface area contributed by atoms with Crippen molar-refractivity contribution in [1.82, 2.24) is 0 Å². The van der Waals surface area contributed by atoms with Gasteiger partial charge in [0.1, 0.15) is 11.5 Å². The molecule has 0 amide bonds. The molecule has 0 bridgehead atoms. The number of rotatable bonds is 13. The van der Waals surface area contributed by atoms with Gasteiger partial charge in [0.15, 0.2) is 0 Å². The highest BCUT2D eigenvalue weighted by Gasteiger charge is 2.09. The summed E-state index contributed by atoms with van der Waals surface area (Å²) in [6.45, 7) is 4.63. The first kappa shape index (κ1) is 23.5. The summed E-state index contributed by atoms with van der Waals surface area (Å²) in [5, 5.41) is 11.9. The molecule has 1 N–H and O–H groups in total. The first-order valence-electron chi connectivity index (χ1n) is 10.9. The molecule has 2 aromatic carbocycles. The number of ether oxygens (including phenoxy) is 2. The fourth-order valence-electron chi connectivity index (χ4n) is 3.10. The molecule has 5 heteroatoms. The lowest BCUT2D eigenvalue weighted by atomic mass is 10.1. The maximum absolute atomic E-state index is 12.3. The van der Waals surface area contributed by atoms with Crippen LogP contribution in [0, 0.1) is 0 Å². The van der Waals surface area contributed by atoms with Crippen LogP contribution in [0.4, 0.5) is 0 Å². The van der Waals surface area contributed by atoms with Crippen LogP contribution < -0.4 is 9.47 Å². The van der Waals surface area contributed by atoms with Gasteiger partial charge in [0.05, 0.1) is 17.9 Å². The number of nitrogens with zero attached hydrogens (tertiary/aromatic N) is 1. The lowest BCUT2D eigenvalue weighted by Gasteiger charge is -2.08. The van der Waals surface area contributed by atoms with Gasteiger partial charge < -0.3 is 14.7 Å². The number of hydrogen-bond donors (Lipinski definition) is 1. The summed E-state index contributed by atoms with van der Waals surface area (Å²) in [7, 11) is 0. The van der Waals surface area contributed by atoms with Gasteiger partial charge in [-0.2, -0.15) is 0 Å². The molecule has 0 aromatic heterocycles. The topological polar surface area (TPSA) is 68.1 Å². The first-order valence-corrected chi connectivity index (χ1v) is 10.9. The van der Waals surface area contributed by atoms with E-state index in [9.17, 15) is 4.79 Å². The molecule has 0 aliphatic heterocycles. The highest BCUT2D eigenvalue weighted by atomic mass is 16.5. The maximum Gasteiger partial charge on any atom is 0.343 e. The predicted molar refractivity (Wildman–Crippen MR) is 120 cm³/mol. The van der Waals surface area contributed by atoms with E-state index in [1.807, 2.05) is 0 Å². The zero-order valence-corrected chi connectivity index (χ0v) is 18.1. The van der Waals surface area contributed by atoms with Crippen LogP contribution in [-0.2, 0) is 0 Å². The Morgan fingerprint density at radius 3 is 1.93 bits per heavy atom. The van der Waals surface area contributed by atoms with E-state index >= 15 is 0 Å². The molecule has 0 saturated heterocycles. The van der Waals surface area contributed by atoms with Crippen molar-refractivity contribution >= 4 is 11.7 Å². The van der Waals surface area contributed by atoms with Gasteiger partial charge in [0.2, 0.25) is 0 Å². The van der Waals surface area contributed by atoms with Gasteiger partial charge in [-0.05, 0) is 67.4 Å². The Kier molecular flexibility index (Phi) is 10.5. The Hall–Kier alpha value is -2.82. The van der Waals surface area contributed by atoms with Crippen molar-refractivity contribution in [3.8, 4) is 11.5 Å². The number of esters is 1. The SMILES string of the molecule is CCCCCCCCCCOc1ccc(C(=O)Oc2ccc(/C(C)=N/O)cc2)cc1. The van der Waals surface area contributed by atoms with Crippen LogP contribution >= 0.6 is 0 Å². The van der Waals surface area contributed by atoms with Crippen LogP contribution in [0.15, 0.2) is 53.7 Å². The van der Waals surface area contributed by atoms with Gasteiger partial charge in [-0.1, -0.05) is 57.0 Å². The van der Waals surface area contributed by atoms with Crippen LogP contribution in [0.25, 0.3) is 0 Å². The third-order valence-electron chi connectivity index (χ3n) is 4.99. The minimum absolute atomic E-state index is 0.426. The number of unbranched alkanes of at least 4 members (excludes halogenated alkanes) is 7. The van der Waals surface area contributed by atoms with E-state index in [0.717, 1.165) is 17.7 Å². The average Bonchev–Trinajstić information content (AvgIpc) is 2.78. The first-order chi connectivity index (χ1) is 14.6. The highest BCUT2D eigenvalue weighted by Crippen LogP contribution is 2.17. The van der Waals surface area contributed by atoms with Gasteiger partial charge >= 0.3 is 5.97 Å². The zero-order chi connectivity index (χ0) is 21.6. The second kappa shape index (κ2) is 13.4. The molecule has 5 nitrogen and oxygen atoms in total. The Balaban J connectivity index is 1.70.